The Morgan fingerprint density at radius 1 is 1.24 bits per heavy atom. The largest absolute Gasteiger partial charge is 0.497 e. The lowest BCUT2D eigenvalue weighted by molar-refractivity contribution is 0.316. The Morgan fingerprint density at radius 3 is 2.66 bits per heavy atom. The van der Waals surface area contributed by atoms with E-state index in [0.717, 1.165) is 6.08 Å². The van der Waals surface area contributed by atoms with Crippen LogP contribution in [0.2, 0.25) is 0 Å². The number of methoxy groups -OCH3 is 1. The molecular formula is C19H19F3N6O. The molecule has 4 rings (SSSR count). The Labute approximate surface area is 165 Å². The molecule has 0 bridgehead atoms. The van der Waals surface area contributed by atoms with Gasteiger partial charge in [-0.25, -0.2) is 8.78 Å². The molecule has 0 saturated heterocycles. The number of benzene rings is 1. The van der Waals surface area contributed by atoms with Crippen LogP contribution in [0.3, 0.4) is 0 Å². The number of hydrogen-bond acceptors (Lipinski definition) is 7. The SMILES string of the molecule is COc1ccc(Nc2nc(N3C4=C(CC(F)C(F)=C4)NC3C)nc(N)c2F)cc1. The van der Waals surface area contributed by atoms with Crippen LogP contribution in [0.25, 0.3) is 0 Å². The van der Waals surface area contributed by atoms with Gasteiger partial charge in [-0.2, -0.15) is 14.4 Å². The number of nitrogen functional groups attached to an aromatic ring is 1. The molecule has 4 N–H and O–H groups in total. The van der Waals surface area contributed by atoms with Gasteiger partial charge in [-0.05, 0) is 37.3 Å². The first kappa shape index (κ1) is 18.9. The van der Waals surface area contributed by atoms with E-state index in [1.54, 1.807) is 43.2 Å². The van der Waals surface area contributed by atoms with Crippen LogP contribution in [-0.4, -0.2) is 29.4 Å². The Hall–Kier alpha value is -3.43. The summed E-state index contributed by atoms with van der Waals surface area (Å²) in [6.45, 7) is 1.77. The Bertz CT molecular complexity index is 1010. The van der Waals surface area contributed by atoms with Crippen LogP contribution in [0.5, 0.6) is 5.75 Å². The number of hydrogen-bond donors (Lipinski definition) is 3. The van der Waals surface area contributed by atoms with Gasteiger partial charge in [0, 0.05) is 17.8 Å². The van der Waals surface area contributed by atoms with Gasteiger partial charge in [0.05, 0.1) is 12.8 Å². The summed E-state index contributed by atoms with van der Waals surface area (Å²) in [5.41, 5.74) is 7.24. The summed E-state index contributed by atoms with van der Waals surface area (Å²) in [4.78, 5) is 9.80. The number of halogens is 3. The second-order valence-corrected chi connectivity index (χ2v) is 6.68. The lowest BCUT2D eigenvalue weighted by Gasteiger charge is -2.24. The average Bonchev–Trinajstić information content (AvgIpc) is 3.01. The zero-order valence-electron chi connectivity index (χ0n) is 15.7. The smallest absolute Gasteiger partial charge is 0.235 e. The van der Waals surface area contributed by atoms with Gasteiger partial charge in [0.25, 0.3) is 0 Å². The van der Waals surface area contributed by atoms with Crippen molar-refractivity contribution in [3.8, 4) is 5.75 Å². The van der Waals surface area contributed by atoms with Crippen LogP contribution in [0, 0.1) is 5.82 Å². The fourth-order valence-electron chi connectivity index (χ4n) is 3.30. The van der Waals surface area contributed by atoms with E-state index in [4.69, 9.17) is 10.5 Å². The van der Waals surface area contributed by atoms with E-state index >= 15 is 0 Å². The number of ether oxygens (including phenoxy) is 1. The zero-order chi connectivity index (χ0) is 20.7. The Morgan fingerprint density at radius 2 is 1.97 bits per heavy atom. The fourth-order valence-corrected chi connectivity index (χ4v) is 3.30. The summed E-state index contributed by atoms with van der Waals surface area (Å²) in [5, 5.41) is 5.93. The molecule has 10 heteroatoms. The molecule has 0 amide bonds. The summed E-state index contributed by atoms with van der Waals surface area (Å²) in [7, 11) is 1.54. The number of anilines is 4. The summed E-state index contributed by atoms with van der Waals surface area (Å²) in [6, 6.07) is 6.80. The lowest BCUT2D eigenvalue weighted by atomic mass is 10.1. The third kappa shape index (κ3) is 3.41. The summed E-state index contributed by atoms with van der Waals surface area (Å²) >= 11 is 0. The van der Waals surface area contributed by atoms with Crippen LogP contribution >= 0.6 is 0 Å². The maximum absolute atomic E-state index is 14.5. The van der Waals surface area contributed by atoms with E-state index in [-0.39, 0.29) is 24.0 Å². The highest BCUT2D eigenvalue weighted by Crippen LogP contribution is 2.36. The number of rotatable bonds is 4. The predicted molar refractivity (Wildman–Crippen MR) is 103 cm³/mol. The lowest BCUT2D eigenvalue weighted by Crippen LogP contribution is -2.35. The summed E-state index contributed by atoms with van der Waals surface area (Å²) < 4.78 is 47.2. The predicted octanol–water partition coefficient (Wildman–Crippen LogP) is 3.51. The summed E-state index contributed by atoms with van der Waals surface area (Å²) in [5.74, 6) is -1.48. The van der Waals surface area contributed by atoms with Crippen LogP contribution < -0.4 is 26.0 Å². The van der Waals surface area contributed by atoms with Crippen LogP contribution in [0.1, 0.15) is 13.3 Å². The van der Waals surface area contributed by atoms with Crippen molar-refractivity contribution in [3.63, 3.8) is 0 Å². The minimum atomic E-state index is -1.69. The Kier molecular flexibility index (Phi) is 4.69. The van der Waals surface area contributed by atoms with Crippen molar-refractivity contribution in [2.24, 2.45) is 0 Å². The number of alkyl halides is 1. The quantitative estimate of drug-likeness (QED) is 0.719. The van der Waals surface area contributed by atoms with E-state index in [1.165, 1.54) is 0 Å². The maximum Gasteiger partial charge on any atom is 0.235 e. The molecule has 1 aromatic carbocycles. The molecule has 2 aromatic rings. The van der Waals surface area contributed by atoms with Gasteiger partial charge < -0.3 is 21.1 Å². The second-order valence-electron chi connectivity index (χ2n) is 6.68. The standard InChI is InChI=1S/C19H19F3N6O/c1-9-24-14-7-12(20)13(21)8-15(14)28(9)19-26-17(23)16(22)18(27-19)25-10-3-5-11(29-2)6-4-10/h3-6,8-9,12,24H,7H2,1-2H3,(H3,23,25,26,27). The average molecular weight is 404 g/mol. The van der Waals surface area contributed by atoms with Gasteiger partial charge in [-0.1, -0.05) is 0 Å². The third-order valence-electron chi connectivity index (χ3n) is 4.73. The van der Waals surface area contributed by atoms with E-state index in [0.29, 0.717) is 22.8 Å². The van der Waals surface area contributed by atoms with Gasteiger partial charge in [-0.3, -0.25) is 4.90 Å². The molecule has 0 saturated carbocycles. The van der Waals surface area contributed by atoms with Crippen molar-refractivity contribution in [1.29, 1.82) is 0 Å². The first-order chi connectivity index (χ1) is 13.9. The molecule has 2 aliphatic rings. The van der Waals surface area contributed by atoms with Crippen molar-refractivity contribution < 1.29 is 17.9 Å². The van der Waals surface area contributed by atoms with Gasteiger partial charge in [-0.15, -0.1) is 0 Å². The first-order valence-corrected chi connectivity index (χ1v) is 8.91. The van der Waals surface area contributed by atoms with Crippen molar-refractivity contribution in [2.45, 2.75) is 25.7 Å². The highest BCUT2D eigenvalue weighted by molar-refractivity contribution is 5.64. The second kappa shape index (κ2) is 7.19. The molecule has 29 heavy (non-hydrogen) atoms. The van der Waals surface area contributed by atoms with Gasteiger partial charge >= 0.3 is 0 Å². The molecule has 0 radical (unpaired) electrons. The first-order valence-electron chi connectivity index (χ1n) is 8.91. The molecule has 7 nitrogen and oxygen atoms in total. The van der Waals surface area contributed by atoms with Crippen LogP contribution in [0.15, 0.2) is 47.6 Å². The monoisotopic (exact) mass is 404 g/mol. The molecule has 2 atom stereocenters. The highest BCUT2D eigenvalue weighted by atomic mass is 19.2. The molecule has 1 aromatic heterocycles. The van der Waals surface area contributed by atoms with Gasteiger partial charge in [0.1, 0.15) is 17.7 Å². The molecular weight excluding hydrogens is 385 g/mol. The van der Waals surface area contributed by atoms with Crippen molar-refractivity contribution >= 4 is 23.3 Å². The molecule has 0 fully saturated rings. The van der Waals surface area contributed by atoms with Gasteiger partial charge in [0.15, 0.2) is 17.8 Å². The normalized spacial score (nSPS) is 20.9. The Balaban J connectivity index is 1.70. The van der Waals surface area contributed by atoms with E-state index in [9.17, 15) is 13.2 Å². The highest BCUT2D eigenvalue weighted by Gasteiger charge is 2.36. The number of nitrogens with one attached hydrogen (secondary N) is 2. The minimum Gasteiger partial charge on any atom is -0.497 e. The zero-order valence-corrected chi connectivity index (χ0v) is 15.7. The van der Waals surface area contributed by atoms with Gasteiger partial charge in [0.2, 0.25) is 11.8 Å². The number of nitrogens with two attached hydrogens (primary N) is 1. The topological polar surface area (TPSA) is 88.3 Å². The fraction of sp³-hybridized carbons (Fsp3) is 0.263. The minimum absolute atomic E-state index is 0.0614. The van der Waals surface area contributed by atoms with E-state index in [2.05, 4.69) is 20.6 Å². The number of allylic oxidation sites excluding steroid dienone is 3. The van der Waals surface area contributed by atoms with Crippen molar-refractivity contribution in [3.05, 3.63) is 53.4 Å². The van der Waals surface area contributed by atoms with E-state index < -0.39 is 24.0 Å². The molecule has 1 aliphatic heterocycles. The van der Waals surface area contributed by atoms with Crippen molar-refractivity contribution in [1.82, 2.24) is 15.3 Å². The van der Waals surface area contributed by atoms with Crippen LogP contribution in [-0.2, 0) is 0 Å². The molecule has 152 valence electrons. The molecule has 2 unspecified atom stereocenters. The summed E-state index contributed by atoms with van der Waals surface area (Å²) in [6.07, 6.45) is -1.11. The number of nitrogens with zero attached hydrogens (tertiary/aromatic N) is 3. The number of aromatic nitrogens is 2. The maximum atomic E-state index is 14.5. The van der Waals surface area contributed by atoms with E-state index in [1.807, 2.05) is 0 Å². The van der Waals surface area contributed by atoms with Crippen LogP contribution in [0.4, 0.5) is 36.4 Å². The molecule has 2 heterocycles. The van der Waals surface area contributed by atoms with Crippen molar-refractivity contribution in [2.75, 3.05) is 23.1 Å². The molecule has 0 spiro atoms. The third-order valence-corrected chi connectivity index (χ3v) is 4.73. The molecule has 1 aliphatic carbocycles.